The van der Waals surface area contributed by atoms with Crippen LogP contribution in [0.2, 0.25) is 0 Å². The molecule has 1 aromatic carbocycles. The van der Waals surface area contributed by atoms with Crippen molar-refractivity contribution in [1.29, 1.82) is 0 Å². The Bertz CT molecular complexity index is 716. The van der Waals surface area contributed by atoms with Crippen LogP contribution in [0.1, 0.15) is 46.3 Å². The summed E-state index contributed by atoms with van der Waals surface area (Å²) >= 11 is 0. The number of anilines is 1. The van der Waals surface area contributed by atoms with Crippen molar-refractivity contribution in [3.05, 3.63) is 48.2 Å². The van der Waals surface area contributed by atoms with Gasteiger partial charge in [0.25, 0.3) is 0 Å². The molecule has 0 radical (unpaired) electrons. The molecule has 6 heteroatoms. The molecular weight excluding hydrogens is 338 g/mol. The van der Waals surface area contributed by atoms with Crippen molar-refractivity contribution in [2.45, 2.75) is 52.6 Å². The lowest BCUT2D eigenvalue weighted by Gasteiger charge is -2.25. The zero-order chi connectivity index (χ0) is 19.9. The van der Waals surface area contributed by atoms with Gasteiger partial charge in [0, 0.05) is 30.7 Å². The maximum Gasteiger partial charge on any atom is 0.213 e. The van der Waals surface area contributed by atoms with Gasteiger partial charge in [0.15, 0.2) is 5.96 Å². The summed E-state index contributed by atoms with van der Waals surface area (Å²) in [5.41, 5.74) is 1.08. The molecular formula is C21H33N5O. The van der Waals surface area contributed by atoms with E-state index in [9.17, 15) is 0 Å². The highest BCUT2D eigenvalue weighted by Crippen LogP contribution is 2.22. The highest BCUT2D eigenvalue weighted by atomic mass is 16.4. The van der Waals surface area contributed by atoms with Crippen molar-refractivity contribution in [2.75, 3.05) is 18.9 Å². The smallest absolute Gasteiger partial charge is 0.213 e. The number of nitrogens with zero attached hydrogens (tertiary/aromatic N) is 2. The molecule has 0 fully saturated rings. The normalized spacial score (nSPS) is 13.5. The summed E-state index contributed by atoms with van der Waals surface area (Å²) in [6.07, 6.45) is 1.80. The number of oxazole rings is 1. The second-order valence-corrected chi connectivity index (χ2v) is 8.04. The molecule has 0 aliphatic carbocycles. The molecule has 2 rings (SSSR count). The van der Waals surface area contributed by atoms with Gasteiger partial charge < -0.3 is 20.4 Å². The maximum absolute atomic E-state index is 5.82. The Hall–Kier alpha value is -2.50. The highest BCUT2D eigenvalue weighted by molar-refractivity contribution is 5.79. The quantitative estimate of drug-likeness (QED) is 0.510. The van der Waals surface area contributed by atoms with Crippen LogP contribution in [0.3, 0.4) is 0 Å². The van der Waals surface area contributed by atoms with Gasteiger partial charge in [-0.25, -0.2) is 4.98 Å². The third kappa shape index (κ3) is 6.62. The molecule has 0 bridgehead atoms. The highest BCUT2D eigenvalue weighted by Gasteiger charge is 2.19. The van der Waals surface area contributed by atoms with Crippen molar-refractivity contribution < 1.29 is 4.42 Å². The van der Waals surface area contributed by atoms with Gasteiger partial charge in [-0.05, 0) is 18.1 Å². The number of aliphatic imine (C=N–C) groups is 1. The van der Waals surface area contributed by atoms with E-state index in [4.69, 9.17) is 4.42 Å². The number of para-hydroxylation sites is 1. The lowest BCUT2D eigenvalue weighted by molar-refractivity contribution is 0.379. The fraction of sp³-hybridized carbons (Fsp3) is 0.524. The minimum atomic E-state index is -0.0429. The summed E-state index contributed by atoms with van der Waals surface area (Å²) in [6.45, 7) is 12.0. The van der Waals surface area contributed by atoms with E-state index in [0.29, 0.717) is 18.4 Å². The van der Waals surface area contributed by atoms with E-state index >= 15 is 0 Å². The van der Waals surface area contributed by atoms with Crippen LogP contribution in [-0.2, 0) is 12.0 Å². The van der Waals surface area contributed by atoms with Crippen LogP contribution in [-0.4, -0.2) is 30.6 Å². The molecule has 0 spiro atoms. The number of rotatable bonds is 7. The fourth-order valence-electron chi connectivity index (χ4n) is 2.53. The lowest BCUT2D eigenvalue weighted by Crippen LogP contribution is -2.44. The number of aromatic nitrogens is 1. The van der Waals surface area contributed by atoms with Gasteiger partial charge in [-0.1, -0.05) is 52.8 Å². The van der Waals surface area contributed by atoms with Gasteiger partial charge in [0.1, 0.15) is 5.76 Å². The molecule has 2 aromatic rings. The largest absolute Gasteiger partial charge is 0.443 e. The fourth-order valence-corrected chi connectivity index (χ4v) is 2.53. The van der Waals surface area contributed by atoms with E-state index in [1.807, 2.05) is 18.2 Å². The van der Waals surface area contributed by atoms with Crippen LogP contribution in [0, 0.1) is 5.92 Å². The number of benzene rings is 1. The molecule has 3 N–H and O–H groups in total. The van der Waals surface area contributed by atoms with Crippen LogP contribution in [0.5, 0.6) is 0 Å². The standard InChI is InChI=1S/C21H33N5O/c1-15(2)17(26-16-10-8-7-9-11-16)12-24-20(22-6)25-14-19-23-13-18(27-19)21(3,4)5/h7-11,13,15,17,26H,12,14H2,1-6H3,(H2,22,24,25). The predicted molar refractivity (Wildman–Crippen MR) is 112 cm³/mol. The van der Waals surface area contributed by atoms with E-state index in [1.165, 1.54) is 0 Å². The molecule has 6 nitrogen and oxygen atoms in total. The van der Waals surface area contributed by atoms with E-state index in [-0.39, 0.29) is 11.5 Å². The van der Waals surface area contributed by atoms with E-state index in [1.54, 1.807) is 13.2 Å². The minimum absolute atomic E-state index is 0.0429. The number of hydrogen-bond acceptors (Lipinski definition) is 4. The first kappa shape index (κ1) is 20.8. The molecule has 0 saturated carbocycles. The first-order chi connectivity index (χ1) is 12.8. The SMILES string of the molecule is CN=C(NCc1ncc(C(C)(C)C)o1)NCC(Nc1ccccc1)C(C)C. The zero-order valence-electron chi connectivity index (χ0n) is 17.3. The number of guanidine groups is 1. The molecule has 1 unspecified atom stereocenters. The molecule has 0 amide bonds. The minimum Gasteiger partial charge on any atom is -0.443 e. The Labute approximate surface area is 162 Å². The molecule has 27 heavy (non-hydrogen) atoms. The van der Waals surface area contributed by atoms with E-state index in [0.717, 1.165) is 24.0 Å². The number of hydrogen-bond donors (Lipinski definition) is 3. The van der Waals surface area contributed by atoms with E-state index < -0.39 is 0 Å². The van der Waals surface area contributed by atoms with E-state index in [2.05, 4.69) is 72.7 Å². The average Bonchev–Trinajstić information content (AvgIpc) is 3.11. The van der Waals surface area contributed by atoms with Crippen molar-refractivity contribution in [3.8, 4) is 0 Å². The average molecular weight is 372 g/mol. The third-order valence-corrected chi connectivity index (χ3v) is 4.34. The zero-order valence-corrected chi connectivity index (χ0v) is 17.3. The third-order valence-electron chi connectivity index (χ3n) is 4.34. The van der Waals surface area contributed by atoms with Crippen LogP contribution in [0.4, 0.5) is 5.69 Å². The first-order valence-corrected chi connectivity index (χ1v) is 9.51. The molecule has 0 aliphatic heterocycles. The van der Waals surface area contributed by atoms with Gasteiger partial charge in [-0.3, -0.25) is 4.99 Å². The van der Waals surface area contributed by atoms with Crippen molar-refractivity contribution in [1.82, 2.24) is 15.6 Å². The predicted octanol–water partition coefficient (Wildman–Crippen LogP) is 3.77. The van der Waals surface area contributed by atoms with Gasteiger partial charge >= 0.3 is 0 Å². The molecule has 1 aromatic heterocycles. The van der Waals surface area contributed by atoms with Crippen molar-refractivity contribution in [3.63, 3.8) is 0 Å². The summed E-state index contributed by atoms with van der Waals surface area (Å²) in [7, 11) is 1.76. The molecule has 0 saturated heterocycles. The second kappa shape index (κ2) is 9.44. The van der Waals surface area contributed by atoms with Gasteiger partial charge in [0.2, 0.25) is 5.89 Å². The first-order valence-electron chi connectivity index (χ1n) is 9.51. The maximum atomic E-state index is 5.82. The van der Waals surface area contributed by atoms with Crippen molar-refractivity contribution in [2.24, 2.45) is 10.9 Å². The van der Waals surface area contributed by atoms with Crippen LogP contribution in [0.25, 0.3) is 0 Å². The Balaban J connectivity index is 1.87. The summed E-state index contributed by atoms with van der Waals surface area (Å²) in [5, 5.41) is 10.2. The second-order valence-electron chi connectivity index (χ2n) is 8.04. The number of nitrogens with one attached hydrogen (secondary N) is 3. The summed E-state index contributed by atoms with van der Waals surface area (Å²) < 4.78 is 5.82. The van der Waals surface area contributed by atoms with Crippen LogP contribution >= 0.6 is 0 Å². The Kier molecular flexibility index (Phi) is 7.28. The molecule has 1 atom stereocenters. The van der Waals surface area contributed by atoms with Crippen molar-refractivity contribution >= 4 is 11.6 Å². The Morgan fingerprint density at radius 1 is 1.15 bits per heavy atom. The summed E-state index contributed by atoms with van der Waals surface area (Å²) in [6, 6.07) is 10.5. The Morgan fingerprint density at radius 3 is 2.41 bits per heavy atom. The molecule has 148 valence electrons. The summed E-state index contributed by atoms with van der Waals surface area (Å²) in [4.78, 5) is 8.64. The van der Waals surface area contributed by atoms with Gasteiger partial charge in [0.05, 0.1) is 12.7 Å². The topological polar surface area (TPSA) is 74.5 Å². The monoisotopic (exact) mass is 371 g/mol. The Morgan fingerprint density at radius 2 is 1.85 bits per heavy atom. The summed E-state index contributed by atoms with van der Waals surface area (Å²) in [5.74, 6) is 2.74. The van der Waals surface area contributed by atoms with Gasteiger partial charge in [-0.15, -0.1) is 0 Å². The van der Waals surface area contributed by atoms with Crippen LogP contribution < -0.4 is 16.0 Å². The van der Waals surface area contributed by atoms with Crippen LogP contribution in [0.15, 0.2) is 45.9 Å². The van der Waals surface area contributed by atoms with Gasteiger partial charge in [-0.2, -0.15) is 0 Å². The molecule has 1 heterocycles. The molecule has 0 aliphatic rings. The lowest BCUT2D eigenvalue weighted by atomic mass is 9.94.